The van der Waals surface area contributed by atoms with Gasteiger partial charge in [-0.1, -0.05) is 0 Å². The van der Waals surface area contributed by atoms with Crippen molar-refractivity contribution >= 4 is 5.69 Å². The van der Waals surface area contributed by atoms with E-state index in [1.807, 2.05) is 12.1 Å². The maximum absolute atomic E-state index is 12.7. The van der Waals surface area contributed by atoms with Gasteiger partial charge in [0, 0.05) is 37.7 Å². The Hall–Kier alpha value is -1.94. The van der Waals surface area contributed by atoms with Gasteiger partial charge in [0.25, 0.3) is 0 Å². The number of anilines is 1. The molecule has 19 heavy (non-hydrogen) atoms. The number of benzene rings is 1. The van der Waals surface area contributed by atoms with Gasteiger partial charge in [-0.25, -0.2) is 4.39 Å². The second-order valence-electron chi connectivity index (χ2n) is 4.53. The number of hydrogen-bond acceptors (Lipinski definition) is 3. The van der Waals surface area contributed by atoms with Crippen LogP contribution in [0.3, 0.4) is 0 Å². The highest BCUT2D eigenvalue weighted by Gasteiger charge is 2.00. The van der Waals surface area contributed by atoms with Crippen molar-refractivity contribution in [3.63, 3.8) is 0 Å². The number of halogens is 1. The smallest absolute Gasteiger partial charge is 0.123 e. The van der Waals surface area contributed by atoms with Crippen LogP contribution in [0.15, 0.2) is 48.8 Å². The molecule has 0 atom stereocenters. The third kappa shape index (κ3) is 4.67. The predicted octanol–water partition coefficient (Wildman–Crippen LogP) is 2.76. The quantitative estimate of drug-likeness (QED) is 0.864. The molecule has 0 aliphatic rings. The van der Waals surface area contributed by atoms with Crippen LogP contribution in [0, 0.1) is 5.82 Å². The fourth-order valence-corrected chi connectivity index (χ4v) is 1.84. The molecule has 0 unspecified atom stereocenters. The Morgan fingerprint density at radius 3 is 2.47 bits per heavy atom. The minimum absolute atomic E-state index is 0.208. The summed E-state index contributed by atoms with van der Waals surface area (Å²) in [7, 11) is 2.08. The maximum Gasteiger partial charge on any atom is 0.123 e. The van der Waals surface area contributed by atoms with Crippen molar-refractivity contribution in [1.82, 2.24) is 9.88 Å². The van der Waals surface area contributed by atoms with E-state index < -0.39 is 0 Å². The van der Waals surface area contributed by atoms with Gasteiger partial charge < -0.3 is 10.2 Å². The van der Waals surface area contributed by atoms with Gasteiger partial charge in [-0.15, -0.1) is 0 Å². The van der Waals surface area contributed by atoms with Crippen molar-refractivity contribution in [2.24, 2.45) is 0 Å². The Morgan fingerprint density at radius 2 is 1.79 bits per heavy atom. The van der Waals surface area contributed by atoms with Gasteiger partial charge in [-0.3, -0.25) is 4.98 Å². The first-order valence-corrected chi connectivity index (χ1v) is 6.31. The van der Waals surface area contributed by atoms with Crippen LogP contribution in [0.25, 0.3) is 0 Å². The lowest BCUT2D eigenvalue weighted by atomic mass is 10.2. The molecule has 0 aliphatic carbocycles. The second-order valence-corrected chi connectivity index (χ2v) is 4.53. The number of hydrogen-bond donors (Lipinski definition) is 1. The summed E-state index contributed by atoms with van der Waals surface area (Å²) in [5.41, 5.74) is 2.19. The average Bonchev–Trinajstić information content (AvgIpc) is 2.42. The Kier molecular flexibility index (Phi) is 4.86. The van der Waals surface area contributed by atoms with E-state index in [9.17, 15) is 4.39 Å². The molecule has 1 aromatic carbocycles. The number of rotatable bonds is 6. The lowest BCUT2D eigenvalue weighted by Gasteiger charge is -2.17. The summed E-state index contributed by atoms with van der Waals surface area (Å²) in [6, 6.07) is 10.5. The van der Waals surface area contributed by atoms with Crippen LogP contribution in [0.1, 0.15) is 5.56 Å². The van der Waals surface area contributed by atoms with Crippen LogP contribution >= 0.6 is 0 Å². The highest BCUT2D eigenvalue weighted by atomic mass is 19.1. The summed E-state index contributed by atoms with van der Waals surface area (Å²) in [6.07, 6.45) is 3.61. The molecule has 100 valence electrons. The molecule has 0 amide bonds. The molecule has 0 bridgehead atoms. The minimum Gasteiger partial charge on any atom is -0.384 e. The molecule has 2 aromatic rings. The summed E-state index contributed by atoms with van der Waals surface area (Å²) in [5, 5.41) is 3.27. The monoisotopic (exact) mass is 259 g/mol. The number of nitrogens with zero attached hydrogens (tertiary/aromatic N) is 2. The summed E-state index contributed by atoms with van der Waals surface area (Å²) < 4.78 is 12.7. The topological polar surface area (TPSA) is 28.2 Å². The number of nitrogens with one attached hydrogen (secondary N) is 1. The highest BCUT2D eigenvalue weighted by Crippen LogP contribution is 2.07. The predicted molar refractivity (Wildman–Crippen MR) is 75.5 cm³/mol. The summed E-state index contributed by atoms with van der Waals surface area (Å²) >= 11 is 0. The number of pyridine rings is 1. The van der Waals surface area contributed by atoms with E-state index in [0.717, 1.165) is 25.3 Å². The normalized spacial score (nSPS) is 10.7. The van der Waals surface area contributed by atoms with Crippen molar-refractivity contribution in [3.8, 4) is 0 Å². The zero-order valence-electron chi connectivity index (χ0n) is 11.0. The molecule has 0 radical (unpaired) electrons. The lowest BCUT2D eigenvalue weighted by Crippen LogP contribution is -2.24. The van der Waals surface area contributed by atoms with E-state index in [1.54, 1.807) is 24.5 Å². The Morgan fingerprint density at radius 1 is 1.11 bits per heavy atom. The average molecular weight is 259 g/mol. The van der Waals surface area contributed by atoms with Gasteiger partial charge in [-0.05, 0) is 49.0 Å². The second kappa shape index (κ2) is 6.85. The fraction of sp³-hybridized carbons (Fsp3) is 0.267. The number of aromatic nitrogens is 1. The molecule has 0 aliphatic heterocycles. The molecule has 0 saturated heterocycles. The van der Waals surface area contributed by atoms with E-state index in [-0.39, 0.29) is 5.82 Å². The van der Waals surface area contributed by atoms with Gasteiger partial charge >= 0.3 is 0 Å². The van der Waals surface area contributed by atoms with Crippen molar-refractivity contribution in [1.29, 1.82) is 0 Å². The van der Waals surface area contributed by atoms with Gasteiger partial charge in [0.1, 0.15) is 5.82 Å². The third-order valence-corrected chi connectivity index (χ3v) is 2.87. The molecular weight excluding hydrogens is 241 g/mol. The van der Waals surface area contributed by atoms with Crippen molar-refractivity contribution < 1.29 is 4.39 Å². The zero-order chi connectivity index (χ0) is 13.5. The van der Waals surface area contributed by atoms with Gasteiger partial charge in [0.2, 0.25) is 0 Å². The molecule has 0 spiro atoms. The Balaban J connectivity index is 1.72. The van der Waals surface area contributed by atoms with Crippen molar-refractivity contribution in [2.75, 3.05) is 25.5 Å². The lowest BCUT2D eigenvalue weighted by molar-refractivity contribution is 0.340. The van der Waals surface area contributed by atoms with E-state index in [0.29, 0.717) is 0 Å². The molecule has 2 rings (SSSR count). The van der Waals surface area contributed by atoms with Gasteiger partial charge in [0.15, 0.2) is 0 Å². The van der Waals surface area contributed by atoms with E-state index in [2.05, 4.69) is 22.2 Å². The van der Waals surface area contributed by atoms with Crippen LogP contribution < -0.4 is 5.32 Å². The van der Waals surface area contributed by atoms with Crippen LogP contribution in [0.5, 0.6) is 0 Å². The first-order valence-electron chi connectivity index (χ1n) is 6.31. The zero-order valence-corrected chi connectivity index (χ0v) is 11.0. The summed E-state index contributed by atoms with van der Waals surface area (Å²) in [4.78, 5) is 6.23. The minimum atomic E-state index is -0.208. The van der Waals surface area contributed by atoms with Gasteiger partial charge in [0.05, 0.1) is 0 Å². The van der Waals surface area contributed by atoms with Gasteiger partial charge in [-0.2, -0.15) is 0 Å². The molecule has 0 saturated carbocycles. The van der Waals surface area contributed by atoms with E-state index in [4.69, 9.17) is 0 Å². The first-order chi connectivity index (χ1) is 9.24. The standard InChI is InChI=1S/C15H18FN3/c1-19(12-13-6-8-17-9-7-13)11-10-18-15-4-2-14(16)3-5-15/h2-9,18H,10-12H2,1H3. The molecule has 1 heterocycles. The number of likely N-dealkylation sites (N-methyl/N-ethyl adjacent to an activating group) is 1. The SMILES string of the molecule is CN(CCNc1ccc(F)cc1)Cc1ccncc1. The first kappa shape index (κ1) is 13.5. The maximum atomic E-state index is 12.7. The van der Waals surface area contributed by atoms with Crippen LogP contribution in [-0.2, 0) is 6.54 Å². The van der Waals surface area contributed by atoms with E-state index >= 15 is 0 Å². The Bertz CT molecular complexity index is 485. The van der Waals surface area contributed by atoms with Crippen LogP contribution in [0.2, 0.25) is 0 Å². The van der Waals surface area contributed by atoms with Crippen molar-refractivity contribution in [3.05, 3.63) is 60.2 Å². The summed E-state index contributed by atoms with van der Waals surface area (Å²) in [5.74, 6) is -0.208. The molecule has 1 N–H and O–H groups in total. The van der Waals surface area contributed by atoms with E-state index in [1.165, 1.54) is 17.7 Å². The van der Waals surface area contributed by atoms with Crippen molar-refractivity contribution in [2.45, 2.75) is 6.54 Å². The molecule has 0 fully saturated rings. The largest absolute Gasteiger partial charge is 0.384 e. The highest BCUT2D eigenvalue weighted by molar-refractivity contribution is 5.42. The molecule has 4 heteroatoms. The Labute approximate surface area is 113 Å². The third-order valence-electron chi connectivity index (χ3n) is 2.87. The summed E-state index contributed by atoms with van der Waals surface area (Å²) in [6.45, 7) is 2.64. The van der Waals surface area contributed by atoms with Crippen LogP contribution in [-0.4, -0.2) is 30.0 Å². The molecule has 3 nitrogen and oxygen atoms in total. The fourth-order valence-electron chi connectivity index (χ4n) is 1.84. The molecular formula is C15H18FN3. The molecule has 1 aromatic heterocycles. The van der Waals surface area contributed by atoms with Crippen LogP contribution in [0.4, 0.5) is 10.1 Å².